The van der Waals surface area contributed by atoms with E-state index in [1.165, 1.54) is 65.0 Å². The van der Waals surface area contributed by atoms with E-state index in [0.29, 0.717) is 6.10 Å². The van der Waals surface area contributed by atoms with Gasteiger partial charge in [-0.15, -0.1) is 0 Å². The zero-order valence-electron chi connectivity index (χ0n) is 11.5. The molecule has 0 aromatic rings. The van der Waals surface area contributed by atoms with Crippen LogP contribution in [0.1, 0.15) is 32.6 Å². The summed E-state index contributed by atoms with van der Waals surface area (Å²) in [5.41, 5.74) is 0. The highest BCUT2D eigenvalue weighted by atomic mass is 16.5. The van der Waals surface area contributed by atoms with Gasteiger partial charge in [0.2, 0.25) is 0 Å². The predicted octanol–water partition coefficient (Wildman–Crippen LogP) is 1.83. The molecule has 0 N–H and O–H groups in total. The maximum atomic E-state index is 5.41. The Kier molecular flexibility index (Phi) is 5.26. The number of likely N-dealkylation sites (tertiary alicyclic amines) is 2. The van der Waals surface area contributed by atoms with Gasteiger partial charge in [-0.25, -0.2) is 0 Å². The van der Waals surface area contributed by atoms with Crippen molar-refractivity contribution < 1.29 is 4.74 Å². The lowest BCUT2D eigenvalue weighted by Crippen LogP contribution is -2.43. The van der Waals surface area contributed by atoms with Crippen molar-refractivity contribution >= 4 is 0 Å². The molecule has 0 aromatic carbocycles. The molecule has 0 amide bonds. The summed E-state index contributed by atoms with van der Waals surface area (Å²) < 4.78 is 5.41. The molecule has 0 saturated carbocycles. The van der Waals surface area contributed by atoms with Crippen molar-refractivity contribution in [1.82, 2.24) is 9.80 Å². The quantitative estimate of drug-likeness (QED) is 0.745. The fourth-order valence-corrected chi connectivity index (χ4v) is 3.14. The second kappa shape index (κ2) is 6.72. The lowest BCUT2D eigenvalue weighted by Gasteiger charge is -2.35. The van der Waals surface area contributed by atoms with Crippen LogP contribution in [-0.4, -0.2) is 62.3 Å². The van der Waals surface area contributed by atoms with E-state index in [1.807, 2.05) is 7.11 Å². The molecule has 2 heterocycles. The van der Waals surface area contributed by atoms with Crippen LogP contribution in [0, 0.1) is 5.92 Å². The average molecular weight is 240 g/mol. The molecular formula is C14H28N2O. The average Bonchev–Trinajstić information content (AvgIpc) is 2.37. The van der Waals surface area contributed by atoms with Crippen LogP contribution in [0.3, 0.4) is 0 Å². The van der Waals surface area contributed by atoms with Crippen molar-refractivity contribution in [2.75, 3.05) is 46.4 Å². The van der Waals surface area contributed by atoms with E-state index in [2.05, 4.69) is 16.7 Å². The minimum atomic E-state index is 0.515. The molecule has 3 nitrogen and oxygen atoms in total. The zero-order chi connectivity index (χ0) is 12.1. The van der Waals surface area contributed by atoms with Gasteiger partial charge in [0.1, 0.15) is 0 Å². The first-order valence-electron chi connectivity index (χ1n) is 7.25. The van der Waals surface area contributed by atoms with Crippen molar-refractivity contribution in [1.29, 1.82) is 0 Å². The van der Waals surface area contributed by atoms with Crippen LogP contribution >= 0.6 is 0 Å². The molecule has 0 unspecified atom stereocenters. The first-order valence-corrected chi connectivity index (χ1v) is 7.25. The van der Waals surface area contributed by atoms with E-state index in [1.54, 1.807) is 0 Å². The SMILES string of the molecule is COC1CCN(CCN2CCC[C@@H](C)C2)CC1. The molecule has 2 fully saturated rings. The smallest absolute Gasteiger partial charge is 0.0595 e. The summed E-state index contributed by atoms with van der Waals surface area (Å²) in [5, 5.41) is 0. The Morgan fingerprint density at radius 1 is 1.00 bits per heavy atom. The largest absolute Gasteiger partial charge is 0.381 e. The summed E-state index contributed by atoms with van der Waals surface area (Å²) in [6.45, 7) is 9.98. The molecule has 3 heteroatoms. The maximum Gasteiger partial charge on any atom is 0.0595 e. The van der Waals surface area contributed by atoms with Gasteiger partial charge in [0.05, 0.1) is 6.10 Å². The van der Waals surface area contributed by atoms with Gasteiger partial charge in [-0.05, 0) is 38.1 Å². The fourth-order valence-electron chi connectivity index (χ4n) is 3.14. The molecule has 1 atom stereocenters. The number of methoxy groups -OCH3 is 1. The topological polar surface area (TPSA) is 15.7 Å². The number of hydrogen-bond donors (Lipinski definition) is 0. The van der Waals surface area contributed by atoms with E-state index >= 15 is 0 Å². The molecule has 100 valence electrons. The van der Waals surface area contributed by atoms with Gasteiger partial charge >= 0.3 is 0 Å². The van der Waals surface area contributed by atoms with Gasteiger partial charge in [-0.1, -0.05) is 6.92 Å². The summed E-state index contributed by atoms with van der Waals surface area (Å²) in [4.78, 5) is 5.26. The minimum absolute atomic E-state index is 0.515. The Balaban J connectivity index is 1.62. The van der Waals surface area contributed by atoms with E-state index in [0.717, 1.165) is 5.92 Å². The molecule has 0 radical (unpaired) electrons. The van der Waals surface area contributed by atoms with Gasteiger partial charge in [0.15, 0.2) is 0 Å². The Morgan fingerprint density at radius 2 is 1.71 bits per heavy atom. The highest BCUT2D eigenvalue weighted by molar-refractivity contribution is 4.75. The lowest BCUT2D eigenvalue weighted by molar-refractivity contribution is 0.0367. The molecule has 0 aliphatic carbocycles. The second-order valence-electron chi connectivity index (χ2n) is 5.82. The lowest BCUT2D eigenvalue weighted by atomic mass is 10.0. The van der Waals surface area contributed by atoms with Crippen LogP contribution < -0.4 is 0 Å². The van der Waals surface area contributed by atoms with Gasteiger partial charge in [0, 0.05) is 39.8 Å². The highest BCUT2D eigenvalue weighted by Gasteiger charge is 2.20. The number of piperidine rings is 2. The molecule has 0 aromatic heterocycles. The van der Waals surface area contributed by atoms with Crippen molar-refractivity contribution in [3.8, 4) is 0 Å². The summed E-state index contributed by atoms with van der Waals surface area (Å²) in [6.07, 6.45) is 5.77. The molecular weight excluding hydrogens is 212 g/mol. The Bertz CT molecular complexity index is 214. The predicted molar refractivity (Wildman–Crippen MR) is 71.3 cm³/mol. The van der Waals surface area contributed by atoms with Gasteiger partial charge in [0.25, 0.3) is 0 Å². The molecule has 2 aliphatic rings. The number of ether oxygens (including phenoxy) is 1. The second-order valence-corrected chi connectivity index (χ2v) is 5.82. The minimum Gasteiger partial charge on any atom is -0.381 e. The van der Waals surface area contributed by atoms with E-state index in [-0.39, 0.29) is 0 Å². The van der Waals surface area contributed by atoms with Gasteiger partial charge in [-0.2, -0.15) is 0 Å². The van der Waals surface area contributed by atoms with E-state index < -0.39 is 0 Å². The fraction of sp³-hybridized carbons (Fsp3) is 1.00. The molecule has 17 heavy (non-hydrogen) atoms. The van der Waals surface area contributed by atoms with Crippen molar-refractivity contribution in [3.05, 3.63) is 0 Å². The number of hydrogen-bond acceptors (Lipinski definition) is 3. The maximum absolute atomic E-state index is 5.41. The first kappa shape index (κ1) is 13.3. The van der Waals surface area contributed by atoms with E-state index in [9.17, 15) is 0 Å². The summed E-state index contributed by atoms with van der Waals surface area (Å²) in [5.74, 6) is 0.906. The third-order valence-corrected chi connectivity index (χ3v) is 4.34. The van der Waals surface area contributed by atoms with Crippen LogP contribution in [0.15, 0.2) is 0 Å². The summed E-state index contributed by atoms with van der Waals surface area (Å²) >= 11 is 0. The zero-order valence-corrected chi connectivity index (χ0v) is 11.5. The van der Waals surface area contributed by atoms with Crippen molar-refractivity contribution in [2.24, 2.45) is 5.92 Å². The van der Waals surface area contributed by atoms with Crippen LogP contribution in [0.5, 0.6) is 0 Å². The molecule has 2 rings (SSSR count). The molecule has 2 saturated heterocycles. The summed E-state index contributed by atoms with van der Waals surface area (Å²) in [6, 6.07) is 0. The van der Waals surface area contributed by atoms with Crippen LogP contribution in [0.4, 0.5) is 0 Å². The molecule has 2 aliphatic heterocycles. The third-order valence-electron chi connectivity index (χ3n) is 4.34. The Morgan fingerprint density at radius 3 is 2.35 bits per heavy atom. The van der Waals surface area contributed by atoms with Crippen molar-refractivity contribution in [3.63, 3.8) is 0 Å². The van der Waals surface area contributed by atoms with Crippen LogP contribution in [0.25, 0.3) is 0 Å². The third kappa shape index (κ3) is 4.23. The number of nitrogens with zero attached hydrogens (tertiary/aromatic N) is 2. The first-order chi connectivity index (χ1) is 8.28. The molecule has 0 spiro atoms. The van der Waals surface area contributed by atoms with E-state index in [4.69, 9.17) is 4.74 Å². The monoisotopic (exact) mass is 240 g/mol. The Hall–Kier alpha value is -0.120. The summed E-state index contributed by atoms with van der Waals surface area (Å²) in [7, 11) is 1.84. The van der Waals surface area contributed by atoms with Crippen LogP contribution in [0.2, 0.25) is 0 Å². The Labute approximate surface area is 106 Å². The van der Waals surface area contributed by atoms with Crippen molar-refractivity contribution in [2.45, 2.75) is 38.7 Å². The van der Waals surface area contributed by atoms with Gasteiger partial charge < -0.3 is 14.5 Å². The normalized spacial score (nSPS) is 29.6. The highest BCUT2D eigenvalue weighted by Crippen LogP contribution is 2.16. The molecule has 0 bridgehead atoms. The van der Waals surface area contributed by atoms with Gasteiger partial charge in [-0.3, -0.25) is 0 Å². The standard InChI is InChI=1S/C14H28N2O/c1-13-4-3-7-16(12-13)11-10-15-8-5-14(17-2)6-9-15/h13-14H,3-12H2,1-2H3/t13-/m1/s1. The number of rotatable bonds is 4. The van der Waals surface area contributed by atoms with Crippen LogP contribution in [-0.2, 0) is 4.74 Å².